The number of rotatable bonds is 6. The van der Waals surface area contributed by atoms with Crippen LogP contribution >= 0.6 is 11.8 Å². The zero-order chi connectivity index (χ0) is 18.4. The van der Waals surface area contributed by atoms with E-state index in [0.717, 1.165) is 12.1 Å². The van der Waals surface area contributed by atoms with Crippen molar-refractivity contribution in [2.75, 3.05) is 14.1 Å². The Bertz CT molecular complexity index is 698. The second-order valence-electron chi connectivity index (χ2n) is 5.81. The summed E-state index contributed by atoms with van der Waals surface area (Å²) in [6.07, 6.45) is 0. The van der Waals surface area contributed by atoms with Gasteiger partial charge < -0.3 is 10.2 Å². The molecule has 0 bridgehead atoms. The Kier molecular flexibility index (Phi) is 6.50. The van der Waals surface area contributed by atoms with E-state index in [4.69, 9.17) is 0 Å². The molecule has 0 radical (unpaired) electrons. The van der Waals surface area contributed by atoms with E-state index in [0.29, 0.717) is 12.1 Å². The number of alkyl halides is 3. The molecule has 0 saturated heterocycles. The molecular weight excluding hydrogens is 349 g/mol. The Balaban J connectivity index is 1.89. The molecule has 0 saturated carbocycles. The maximum absolute atomic E-state index is 12.3. The van der Waals surface area contributed by atoms with Crippen molar-refractivity contribution in [1.29, 1.82) is 0 Å². The summed E-state index contributed by atoms with van der Waals surface area (Å²) in [6.45, 7) is 1.20. The first-order chi connectivity index (χ1) is 11.7. The molecule has 1 amide bonds. The van der Waals surface area contributed by atoms with E-state index in [-0.39, 0.29) is 22.6 Å². The topological polar surface area (TPSA) is 32.3 Å². The predicted molar refractivity (Wildman–Crippen MR) is 93.4 cm³/mol. The molecule has 0 unspecified atom stereocenters. The molecule has 0 atom stereocenters. The fourth-order valence-electron chi connectivity index (χ4n) is 2.22. The van der Waals surface area contributed by atoms with Crippen molar-refractivity contribution < 1.29 is 18.0 Å². The van der Waals surface area contributed by atoms with Crippen molar-refractivity contribution in [2.45, 2.75) is 23.5 Å². The number of thioether (sulfide) groups is 1. The van der Waals surface area contributed by atoms with Crippen molar-refractivity contribution in [3.05, 3.63) is 65.2 Å². The minimum absolute atomic E-state index is 0.0560. The van der Waals surface area contributed by atoms with Gasteiger partial charge in [-0.3, -0.25) is 4.79 Å². The van der Waals surface area contributed by atoms with E-state index in [1.807, 2.05) is 38.4 Å². The lowest BCUT2D eigenvalue weighted by atomic mass is 10.1. The van der Waals surface area contributed by atoms with Gasteiger partial charge in [0.25, 0.3) is 5.91 Å². The Morgan fingerprint density at radius 2 is 1.56 bits per heavy atom. The highest BCUT2D eigenvalue weighted by atomic mass is 32.2. The van der Waals surface area contributed by atoms with Gasteiger partial charge in [0.1, 0.15) is 0 Å². The van der Waals surface area contributed by atoms with E-state index in [9.17, 15) is 18.0 Å². The minimum Gasteiger partial charge on any atom is -0.348 e. The Labute approximate surface area is 149 Å². The molecule has 1 N–H and O–H groups in total. The highest BCUT2D eigenvalue weighted by molar-refractivity contribution is 8.00. The molecule has 0 fully saturated rings. The van der Waals surface area contributed by atoms with Gasteiger partial charge >= 0.3 is 5.51 Å². The Morgan fingerprint density at radius 1 is 1.00 bits per heavy atom. The Hall–Kier alpha value is -1.99. The molecular formula is C18H19F3N2OS. The molecule has 2 aromatic carbocycles. The number of nitrogens with zero attached hydrogens (tertiary/aromatic N) is 1. The fraction of sp³-hybridized carbons (Fsp3) is 0.278. The average Bonchev–Trinajstić information content (AvgIpc) is 2.52. The molecule has 0 heterocycles. The molecule has 7 heteroatoms. The van der Waals surface area contributed by atoms with Gasteiger partial charge in [-0.2, -0.15) is 13.2 Å². The number of hydrogen-bond donors (Lipinski definition) is 1. The maximum Gasteiger partial charge on any atom is 0.446 e. The lowest BCUT2D eigenvalue weighted by molar-refractivity contribution is -0.0328. The highest BCUT2D eigenvalue weighted by Gasteiger charge is 2.29. The third kappa shape index (κ3) is 6.80. The van der Waals surface area contributed by atoms with Crippen LogP contribution in [-0.2, 0) is 13.1 Å². The van der Waals surface area contributed by atoms with E-state index < -0.39 is 5.51 Å². The van der Waals surface area contributed by atoms with Crippen LogP contribution in [0.2, 0.25) is 0 Å². The number of hydrogen-bond acceptors (Lipinski definition) is 3. The van der Waals surface area contributed by atoms with Crippen molar-refractivity contribution in [3.8, 4) is 0 Å². The molecule has 3 nitrogen and oxygen atoms in total. The number of amides is 1. The van der Waals surface area contributed by atoms with Gasteiger partial charge in [-0.15, -0.1) is 0 Å². The first-order valence-corrected chi connectivity index (χ1v) is 8.41. The van der Waals surface area contributed by atoms with Crippen LogP contribution in [0.1, 0.15) is 21.5 Å². The summed E-state index contributed by atoms with van der Waals surface area (Å²) in [7, 11) is 3.99. The van der Waals surface area contributed by atoms with Crippen molar-refractivity contribution in [1.82, 2.24) is 10.2 Å². The second-order valence-corrected chi connectivity index (χ2v) is 6.95. The monoisotopic (exact) mass is 368 g/mol. The molecule has 2 rings (SSSR count). The zero-order valence-corrected chi connectivity index (χ0v) is 14.7. The van der Waals surface area contributed by atoms with Crippen LogP contribution < -0.4 is 5.32 Å². The Morgan fingerprint density at radius 3 is 2.08 bits per heavy atom. The standard InChI is InChI=1S/C18H19F3N2OS/c1-23(2)12-14-5-3-13(4-6-14)11-22-17(24)15-7-9-16(10-8-15)25-18(19,20)21/h3-10H,11-12H2,1-2H3,(H,22,24). The SMILES string of the molecule is CN(C)Cc1ccc(CNC(=O)c2ccc(SC(F)(F)F)cc2)cc1. The van der Waals surface area contributed by atoms with Crippen LogP contribution in [0.4, 0.5) is 13.2 Å². The van der Waals surface area contributed by atoms with E-state index in [1.54, 1.807) is 0 Å². The van der Waals surface area contributed by atoms with Gasteiger partial charge in [0, 0.05) is 23.5 Å². The van der Waals surface area contributed by atoms with Gasteiger partial charge in [-0.05, 0) is 61.2 Å². The van der Waals surface area contributed by atoms with E-state index in [1.165, 1.54) is 29.8 Å². The number of carbonyl (C=O) groups is 1. The third-order valence-corrected chi connectivity index (χ3v) is 4.06. The van der Waals surface area contributed by atoms with Gasteiger partial charge in [0.05, 0.1) is 0 Å². The van der Waals surface area contributed by atoms with Crippen LogP contribution in [0.5, 0.6) is 0 Å². The van der Waals surface area contributed by atoms with E-state index >= 15 is 0 Å². The van der Waals surface area contributed by atoms with Gasteiger partial charge in [-0.25, -0.2) is 0 Å². The smallest absolute Gasteiger partial charge is 0.348 e. The van der Waals surface area contributed by atoms with Crippen LogP contribution in [0.25, 0.3) is 0 Å². The van der Waals surface area contributed by atoms with Crippen molar-refractivity contribution >= 4 is 17.7 Å². The normalized spacial score (nSPS) is 11.6. The molecule has 2 aromatic rings. The zero-order valence-electron chi connectivity index (χ0n) is 13.9. The molecule has 0 spiro atoms. The molecule has 134 valence electrons. The van der Waals surface area contributed by atoms with Crippen LogP contribution in [-0.4, -0.2) is 30.4 Å². The van der Waals surface area contributed by atoms with Gasteiger partial charge in [0.2, 0.25) is 0 Å². The first kappa shape index (κ1) is 19.3. The molecule has 0 aliphatic rings. The highest BCUT2D eigenvalue weighted by Crippen LogP contribution is 2.36. The fourth-order valence-corrected chi connectivity index (χ4v) is 2.76. The summed E-state index contributed by atoms with van der Waals surface area (Å²) >= 11 is -0.198. The minimum atomic E-state index is -4.33. The largest absolute Gasteiger partial charge is 0.446 e. The maximum atomic E-state index is 12.3. The summed E-state index contributed by atoms with van der Waals surface area (Å²) in [5, 5.41) is 2.76. The second kappa shape index (κ2) is 8.40. The number of halogens is 3. The lowest BCUT2D eigenvalue weighted by Gasteiger charge is -2.11. The number of benzene rings is 2. The molecule has 0 aromatic heterocycles. The van der Waals surface area contributed by atoms with Crippen molar-refractivity contribution in [2.24, 2.45) is 0 Å². The number of nitrogens with one attached hydrogen (secondary N) is 1. The van der Waals surface area contributed by atoms with Crippen LogP contribution in [0.3, 0.4) is 0 Å². The van der Waals surface area contributed by atoms with Crippen molar-refractivity contribution in [3.63, 3.8) is 0 Å². The summed E-state index contributed by atoms with van der Waals surface area (Å²) in [5.41, 5.74) is -1.86. The summed E-state index contributed by atoms with van der Waals surface area (Å²) in [5.74, 6) is -0.319. The van der Waals surface area contributed by atoms with Gasteiger partial charge in [0.15, 0.2) is 0 Å². The van der Waals surface area contributed by atoms with Crippen LogP contribution in [0.15, 0.2) is 53.4 Å². The summed E-state index contributed by atoms with van der Waals surface area (Å²) in [6, 6.07) is 13.3. The summed E-state index contributed by atoms with van der Waals surface area (Å²) in [4.78, 5) is 14.2. The number of carbonyl (C=O) groups excluding carboxylic acids is 1. The van der Waals surface area contributed by atoms with E-state index in [2.05, 4.69) is 10.2 Å². The lowest BCUT2D eigenvalue weighted by Crippen LogP contribution is -2.22. The van der Waals surface area contributed by atoms with Crippen LogP contribution in [0, 0.1) is 0 Å². The third-order valence-electron chi connectivity index (χ3n) is 3.32. The quantitative estimate of drug-likeness (QED) is 0.772. The van der Waals surface area contributed by atoms with Gasteiger partial charge in [-0.1, -0.05) is 24.3 Å². The predicted octanol–water partition coefficient (Wildman–Crippen LogP) is 4.29. The molecule has 0 aliphatic heterocycles. The first-order valence-electron chi connectivity index (χ1n) is 7.59. The average molecular weight is 368 g/mol. The molecule has 0 aliphatic carbocycles. The molecule has 25 heavy (non-hydrogen) atoms. The summed E-state index contributed by atoms with van der Waals surface area (Å²) < 4.78 is 36.9.